The summed E-state index contributed by atoms with van der Waals surface area (Å²) in [5, 5.41) is 4.35. The fourth-order valence-corrected chi connectivity index (χ4v) is 3.51. The maximum absolute atomic E-state index is 6.27. The zero-order valence-electron chi connectivity index (χ0n) is 15.8. The van der Waals surface area contributed by atoms with Crippen LogP contribution in [0.25, 0.3) is 0 Å². The molecule has 1 fully saturated rings. The highest BCUT2D eigenvalue weighted by molar-refractivity contribution is 14.0. The highest BCUT2D eigenvalue weighted by Crippen LogP contribution is 2.18. The lowest BCUT2D eigenvalue weighted by molar-refractivity contribution is 0.140. The number of piperidine rings is 1. The van der Waals surface area contributed by atoms with E-state index in [4.69, 9.17) is 11.6 Å². The van der Waals surface area contributed by atoms with Gasteiger partial charge in [0.2, 0.25) is 0 Å². The van der Waals surface area contributed by atoms with Gasteiger partial charge in [0.15, 0.2) is 5.96 Å². The van der Waals surface area contributed by atoms with Crippen LogP contribution < -0.4 is 5.32 Å². The van der Waals surface area contributed by atoms with Crippen LogP contribution in [0.5, 0.6) is 0 Å². The summed E-state index contributed by atoms with van der Waals surface area (Å²) < 4.78 is 0. The summed E-state index contributed by atoms with van der Waals surface area (Å²) >= 11 is 6.27. The molecule has 2 rings (SSSR count). The van der Waals surface area contributed by atoms with E-state index in [-0.39, 0.29) is 24.0 Å². The molecule has 6 heteroatoms. The lowest BCUT2D eigenvalue weighted by atomic mass is 9.97. The van der Waals surface area contributed by atoms with Gasteiger partial charge in [-0.05, 0) is 50.8 Å². The Hall–Kier alpha value is -0.530. The Bertz CT molecular complexity index is 550. The molecule has 142 valence electrons. The molecule has 1 aromatic carbocycles. The van der Waals surface area contributed by atoms with E-state index in [0.29, 0.717) is 12.0 Å². The van der Waals surface area contributed by atoms with Crippen LogP contribution in [0.4, 0.5) is 0 Å². The summed E-state index contributed by atoms with van der Waals surface area (Å²) in [6.45, 7) is 8.70. The van der Waals surface area contributed by atoms with Crippen molar-refractivity contribution in [3.8, 4) is 0 Å². The normalized spacial score (nSPS) is 18.8. The molecule has 1 atom stereocenters. The van der Waals surface area contributed by atoms with E-state index in [1.165, 1.54) is 25.9 Å². The Labute approximate surface area is 175 Å². The zero-order valence-corrected chi connectivity index (χ0v) is 18.9. The molecule has 25 heavy (non-hydrogen) atoms. The number of benzene rings is 1. The van der Waals surface area contributed by atoms with Crippen molar-refractivity contribution in [2.45, 2.75) is 39.3 Å². The number of hydrogen-bond donors (Lipinski definition) is 1. The van der Waals surface area contributed by atoms with Gasteiger partial charge in [0.25, 0.3) is 0 Å². The van der Waals surface area contributed by atoms with Crippen molar-refractivity contribution < 1.29 is 0 Å². The van der Waals surface area contributed by atoms with Crippen molar-refractivity contribution in [1.82, 2.24) is 15.1 Å². The molecule has 1 saturated heterocycles. The van der Waals surface area contributed by atoms with Crippen LogP contribution in [0, 0.1) is 5.92 Å². The molecule has 1 aliphatic heterocycles. The predicted molar refractivity (Wildman–Crippen MR) is 119 cm³/mol. The summed E-state index contributed by atoms with van der Waals surface area (Å²) in [5.41, 5.74) is 1.12. The van der Waals surface area contributed by atoms with Gasteiger partial charge in [0, 0.05) is 44.8 Å². The maximum Gasteiger partial charge on any atom is 0.193 e. The van der Waals surface area contributed by atoms with Gasteiger partial charge in [-0.15, -0.1) is 24.0 Å². The molecule has 0 bridgehead atoms. The van der Waals surface area contributed by atoms with Crippen molar-refractivity contribution in [2.75, 3.05) is 33.7 Å². The number of aliphatic imine (C=N–C) groups is 1. The van der Waals surface area contributed by atoms with Gasteiger partial charge in [-0.2, -0.15) is 0 Å². The van der Waals surface area contributed by atoms with E-state index in [0.717, 1.165) is 29.6 Å². The molecule has 4 nitrogen and oxygen atoms in total. The standard InChI is InChI=1S/C19H31ClN4.HI/c1-15(2)24-11-7-8-16(13-24)12-22-19(21-3)23(4)14-17-9-5-6-10-18(17)20;/h5-6,9-10,15-16H,7-8,11-14H2,1-4H3,(H,21,22);1H. The minimum atomic E-state index is 0. The first-order chi connectivity index (χ1) is 11.5. The fraction of sp³-hybridized carbons (Fsp3) is 0.632. The van der Waals surface area contributed by atoms with Crippen LogP contribution in [0.15, 0.2) is 29.3 Å². The zero-order chi connectivity index (χ0) is 17.5. The van der Waals surface area contributed by atoms with Gasteiger partial charge in [0.05, 0.1) is 0 Å². The Morgan fingerprint density at radius 1 is 1.40 bits per heavy atom. The highest BCUT2D eigenvalue weighted by Gasteiger charge is 2.22. The molecular formula is C19H32ClIN4. The van der Waals surface area contributed by atoms with Gasteiger partial charge in [0.1, 0.15) is 0 Å². The van der Waals surface area contributed by atoms with Crippen molar-refractivity contribution in [2.24, 2.45) is 10.9 Å². The van der Waals surface area contributed by atoms with Crippen LogP contribution in [-0.2, 0) is 6.54 Å². The number of hydrogen-bond acceptors (Lipinski definition) is 2. The van der Waals surface area contributed by atoms with Gasteiger partial charge >= 0.3 is 0 Å². The third-order valence-corrected chi connectivity index (χ3v) is 5.14. The van der Waals surface area contributed by atoms with Crippen LogP contribution in [0.3, 0.4) is 0 Å². The number of likely N-dealkylation sites (tertiary alicyclic amines) is 1. The molecule has 0 aliphatic carbocycles. The molecule has 0 radical (unpaired) electrons. The van der Waals surface area contributed by atoms with Crippen molar-refractivity contribution in [3.63, 3.8) is 0 Å². The molecular weight excluding hydrogens is 447 g/mol. The number of rotatable bonds is 5. The summed E-state index contributed by atoms with van der Waals surface area (Å²) in [7, 11) is 3.90. The Morgan fingerprint density at radius 2 is 2.12 bits per heavy atom. The first kappa shape index (κ1) is 22.5. The molecule has 0 saturated carbocycles. The molecule has 1 unspecified atom stereocenters. The largest absolute Gasteiger partial charge is 0.356 e. The smallest absolute Gasteiger partial charge is 0.193 e. The first-order valence-corrected chi connectivity index (χ1v) is 9.28. The van der Waals surface area contributed by atoms with Crippen molar-refractivity contribution in [3.05, 3.63) is 34.9 Å². The molecule has 1 N–H and O–H groups in total. The van der Waals surface area contributed by atoms with Crippen molar-refractivity contribution in [1.29, 1.82) is 0 Å². The monoisotopic (exact) mass is 478 g/mol. The van der Waals surface area contributed by atoms with Crippen molar-refractivity contribution >= 4 is 41.5 Å². The molecule has 0 aromatic heterocycles. The minimum absolute atomic E-state index is 0. The summed E-state index contributed by atoms with van der Waals surface area (Å²) in [5.74, 6) is 1.61. The molecule has 1 heterocycles. The van der Waals surface area contributed by atoms with Crippen LogP contribution in [-0.4, -0.2) is 55.5 Å². The highest BCUT2D eigenvalue weighted by atomic mass is 127. The second kappa shape index (κ2) is 11.2. The van der Waals surface area contributed by atoms with E-state index in [1.54, 1.807) is 0 Å². The van der Waals surface area contributed by atoms with Crippen LogP contribution >= 0.6 is 35.6 Å². The summed E-state index contributed by atoms with van der Waals surface area (Å²) in [6.07, 6.45) is 2.58. The molecule has 0 spiro atoms. The number of guanidine groups is 1. The SMILES string of the molecule is CN=C(NCC1CCCN(C(C)C)C1)N(C)Cc1ccccc1Cl.I. The second-order valence-corrected chi connectivity index (χ2v) is 7.38. The summed E-state index contributed by atoms with van der Waals surface area (Å²) in [6, 6.07) is 8.61. The lowest BCUT2D eigenvalue weighted by Gasteiger charge is -2.36. The minimum Gasteiger partial charge on any atom is -0.356 e. The van der Waals surface area contributed by atoms with E-state index < -0.39 is 0 Å². The average Bonchev–Trinajstić information content (AvgIpc) is 2.57. The van der Waals surface area contributed by atoms with E-state index >= 15 is 0 Å². The number of nitrogens with zero attached hydrogens (tertiary/aromatic N) is 3. The Balaban J connectivity index is 0.00000312. The van der Waals surface area contributed by atoms with Gasteiger partial charge in [-0.1, -0.05) is 29.8 Å². The summed E-state index contributed by atoms with van der Waals surface area (Å²) in [4.78, 5) is 9.13. The topological polar surface area (TPSA) is 30.9 Å². The Morgan fingerprint density at radius 3 is 2.76 bits per heavy atom. The lowest BCUT2D eigenvalue weighted by Crippen LogP contribution is -2.46. The van der Waals surface area contributed by atoms with Crippen LogP contribution in [0.1, 0.15) is 32.3 Å². The van der Waals surface area contributed by atoms with Gasteiger partial charge in [-0.25, -0.2) is 0 Å². The van der Waals surface area contributed by atoms with Crippen LogP contribution in [0.2, 0.25) is 5.02 Å². The average molecular weight is 479 g/mol. The first-order valence-electron chi connectivity index (χ1n) is 8.90. The van der Waals surface area contributed by atoms with E-state index in [1.807, 2.05) is 25.2 Å². The third kappa shape index (κ3) is 6.94. The van der Waals surface area contributed by atoms with E-state index in [9.17, 15) is 0 Å². The molecule has 1 aliphatic rings. The van der Waals surface area contributed by atoms with E-state index in [2.05, 4.69) is 47.1 Å². The van der Waals surface area contributed by atoms with Gasteiger partial charge in [-0.3, -0.25) is 4.99 Å². The number of halogens is 2. The third-order valence-electron chi connectivity index (χ3n) is 4.77. The quantitative estimate of drug-likeness (QED) is 0.393. The predicted octanol–water partition coefficient (Wildman–Crippen LogP) is 4.09. The maximum atomic E-state index is 6.27. The Kier molecular flexibility index (Phi) is 10.1. The van der Waals surface area contributed by atoms with Gasteiger partial charge < -0.3 is 15.1 Å². The molecule has 0 amide bonds. The molecule has 1 aromatic rings. The fourth-order valence-electron chi connectivity index (χ4n) is 3.31. The second-order valence-electron chi connectivity index (χ2n) is 6.97. The number of nitrogens with one attached hydrogen (secondary N) is 1.